The summed E-state index contributed by atoms with van der Waals surface area (Å²) in [5.41, 5.74) is 1.22. The van der Waals surface area contributed by atoms with E-state index < -0.39 is 23.0 Å². The molecule has 0 saturated carbocycles. The molecule has 0 fully saturated rings. The lowest BCUT2D eigenvalue weighted by Gasteiger charge is -2.31. The van der Waals surface area contributed by atoms with Gasteiger partial charge in [-0.2, -0.15) is 0 Å². The average molecular weight is 446 g/mol. The molecule has 1 heterocycles. The maximum absolute atomic E-state index is 14.3. The van der Waals surface area contributed by atoms with Gasteiger partial charge in [0.05, 0.1) is 5.69 Å². The van der Waals surface area contributed by atoms with E-state index in [0.717, 1.165) is 10.5 Å². The predicted octanol–water partition coefficient (Wildman–Crippen LogP) is 5.33. The molecular formula is C27H27NO5. The summed E-state index contributed by atoms with van der Waals surface area (Å²) in [6.45, 7) is 8.80. The number of phenolic OH excluding ortho intramolecular Hbond substituents is 2. The van der Waals surface area contributed by atoms with Crippen molar-refractivity contribution in [2.45, 2.75) is 45.6 Å². The van der Waals surface area contributed by atoms with Crippen LogP contribution >= 0.6 is 0 Å². The van der Waals surface area contributed by atoms with E-state index in [0.29, 0.717) is 27.9 Å². The van der Waals surface area contributed by atoms with Crippen LogP contribution in [0.15, 0.2) is 60.7 Å². The summed E-state index contributed by atoms with van der Waals surface area (Å²) in [7, 11) is 0. The van der Waals surface area contributed by atoms with Gasteiger partial charge < -0.3 is 14.9 Å². The van der Waals surface area contributed by atoms with Crippen LogP contribution in [-0.2, 0) is 14.9 Å². The van der Waals surface area contributed by atoms with Gasteiger partial charge in [0, 0.05) is 5.56 Å². The quantitative estimate of drug-likeness (QED) is 0.521. The molecule has 1 aliphatic heterocycles. The van der Waals surface area contributed by atoms with E-state index in [-0.39, 0.29) is 11.5 Å². The maximum atomic E-state index is 14.3. The Morgan fingerprint density at radius 1 is 0.939 bits per heavy atom. The summed E-state index contributed by atoms with van der Waals surface area (Å²) in [4.78, 5) is 28.6. The number of rotatable bonds is 2. The number of nitrogens with zero attached hydrogens (tertiary/aromatic N) is 1. The zero-order valence-electron chi connectivity index (χ0n) is 19.3. The van der Waals surface area contributed by atoms with Crippen LogP contribution in [0.4, 0.5) is 10.5 Å². The molecule has 0 saturated heterocycles. The number of aryl methyl sites for hydroxylation is 2. The highest BCUT2D eigenvalue weighted by Crippen LogP contribution is 2.52. The molecule has 170 valence electrons. The smallest absolute Gasteiger partial charge is 0.421 e. The van der Waals surface area contributed by atoms with Crippen molar-refractivity contribution < 1.29 is 24.5 Å². The molecular weight excluding hydrogens is 418 g/mol. The first kappa shape index (κ1) is 22.4. The van der Waals surface area contributed by atoms with Gasteiger partial charge >= 0.3 is 6.09 Å². The molecule has 0 bridgehead atoms. The predicted molar refractivity (Wildman–Crippen MR) is 126 cm³/mol. The molecule has 0 aromatic heterocycles. The minimum Gasteiger partial charge on any atom is -0.504 e. The topological polar surface area (TPSA) is 87.1 Å². The minimum absolute atomic E-state index is 0.249. The third kappa shape index (κ3) is 3.52. The number of imide groups is 1. The van der Waals surface area contributed by atoms with Crippen molar-refractivity contribution in [3.8, 4) is 11.5 Å². The summed E-state index contributed by atoms with van der Waals surface area (Å²) in [5.74, 6) is -1.09. The van der Waals surface area contributed by atoms with Crippen molar-refractivity contribution in [3.63, 3.8) is 0 Å². The lowest BCUT2D eigenvalue weighted by Crippen LogP contribution is -2.46. The van der Waals surface area contributed by atoms with Crippen LogP contribution in [0.1, 0.15) is 48.6 Å². The van der Waals surface area contributed by atoms with Gasteiger partial charge in [-0.15, -0.1) is 0 Å². The van der Waals surface area contributed by atoms with E-state index in [4.69, 9.17) is 4.74 Å². The number of carbonyl (C=O) groups excluding carboxylic acids is 2. The number of benzene rings is 3. The van der Waals surface area contributed by atoms with Gasteiger partial charge in [-0.05, 0) is 63.4 Å². The molecule has 1 atom stereocenters. The van der Waals surface area contributed by atoms with Gasteiger partial charge in [0.2, 0.25) is 0 Å². The summed E-state index contributed by atoms with van der Waals surface area (Å²) < 4.78 is 5.59. The summed E-state index contributed by atoms with van der Waals surface area (Å²) >= 11 is 0. The van der Waals surface area contributed by atoms with E-state index in [9.17, 15) is 19.8 Å². The van der Waals surface area contributed by atoms with Gasteiger partial charge in [-0.25, -0.2) is 9.69 Å². The summed E-state index contributed by atoms with van der Waals surface area (Å²) in [6.07, 6.45) is -0.768. The van der Waals surface area contributed by atoms with Crippen molar-refractivity contribution in [2.75, 3.05) is 4.90 Å². The van der Waals surface area contributed by atoms with Gasteiger partial charge in [0.1, 0.15) is 11.0 Å². The fourth-order valence-corrected chi connectivity index (χ4v) is 4.42. The highest BCUT2D eigenvalue weighted by molar-refractivity contribution is 6.24. The van der Waals surface area contributed by atoms with Gasteiger partial charge in [-0.1, -0.05) is 54.1 Å². The van der Waals surface area contributed by atoms with Crippen molar-refractivity contribution in [2.24, 2.45) is 0 Å². The van der Waals surface area contributed by atoms with Crippen LogP contribution in [0.3, 0.4) is 0 Å². The Balaban J connectivity index is 2.09. The highest BCUT2D eigenvalue weighted by Gasteiger charge is 2.56. The average Bonchev–Trinajstić information content (AvgIpc) is 2.99. The van der Waals surface area contributed by atoms with Gasteiger partial charge in [-0.3, -0.25) is 4.79 Å². The van der Waals surface area contributed by atoms with Gasteiger partial charge in [0.25, 0.3) is 5.91 Å². The molecule has 3 aromatic rings. The SMILES string of the molecule is Cc1ccc2c(c1)[C@@](c1ccccc1)(c1cc(C)c(O)c(O)c1)C(=O)N2C(=O)OC(C)(C)C. The standard InChI is InChI=1S/C27H27NO5/c1-16-11-12-21-20(13-16)27(18-9-7-6-8-10-18,19-14-17(2)23(30)22(29)15-19)24(31)28(21)25(32)33-26(3,4)5/h6-15,29-30H,1-5H3/t27-/m1/s1. The van der Waals surface area contributed by atoms with Crippen LogP contribution in [0.5, 0.6) is 11.5 Å². The molecule has 2 N–H and O–H groups in total. The first-order valence-corrected chi connectivity index (χ1v) is 10.7. The molecule has 0 unspecified atom stereocenters. The Bertz CT molecular complexity index is 1240. The Labute approximate surface area is 193 Å². The molecule has 0 spiro atoms. The van der Waals surface area contributed by atoms with Crippen LogP contribution < -0.4 is 4.90 Å². The van der Waals surface area contributed by atoms with E-state index in [2.05, 4.69) is 0 Å². The van der Waals surface area contributed by atoms with Crippen molar-refractivity contribution in [1.29, 1.82) is 0 Å². The monoisotopic (exact) mass is 445 g/mol. The zero-order valence-corrected chi connectivity index (χ0v) is 19.3. The molecule has 6 heteroatoms. The number of amides is 2. The molecule has 0 aliphatic carbocycles. The first-order valence-electron chi connectivity index (χ1n) is 10.7. The molecule has 6 nitrogen and oxygen atoms in total. The Morgan fingerprint density at radius 2 is 1.61 bits per heavy atom. The number of anilines is 1. The number of hydrogen-bond donors (Lipinski definition) is 2. The largest absolute Gasteiger partial charge is 0.504 e. The van der Waals surface area contributed by atoms with Crippen molar-refractivity contribution in [1.82, 2.24) is 0 Å². The third-order valence-electron chi connectivity index (χ3n) is 5.82. The normalized spacial score (nSPS) is 17.7. The van der Waals surface area contributed by atoms with Crippen LogP contribution in [0, 0.1) is 13.8 Å². The molecule has 4 rings (SSSR count). The molecule has 3 aromatic carbocycles. The fourth-order valence-electron chi connectivity index (χ4n) is 4.42. The van der Waals surface area contributed by atoms with E-state index in [1.165, 1.54) is 6.07 Å². The second-order valence-corrected chi connectivity index (χ2v) is 9.42. The van der Waals surface area contributed by atoms with Crippen molar-refractivity contribution >= 4 is 17.7 Å². The van der Waals surface area contributed by atoms with E-state index in [1.807, 2.05) is 49.4 Å². The highest BCUT2D eigenvalue weighted by atomic mass is 16.6. The number of fused-ring (bicyclic) bond motifs is 1. The van der Waals surface area contributed by atoms with Crippen molar-refractivity contribution in [3.05, 3.63) is 88.5 Å². The second-order valence-electron chi connectivity index (χ2n) is 9.42. The van der Waals surface area contributed by atoms with Gasteiger partial charge in [0.15, 0.2) is 11.5 Å². The minimum atomic E-state index is -1.42. The molecule has 33 heavy (non-hydrogen) atoms. The zero-order chi connectivity index (χ0) is 24.1. The Kier molecular flexibility index (Phi) is 5.20. The number of aromatic hydroxyl groups is 2. The number of hydrogen-bond acceptors (Lipinski definition) is 5. The van der Waals surface area contributed by atoms with Crippen LogP contribution in [0.2, 0.25) is 0 Å². The lowest BCUT2D eigenvalue weighted by molar-refractivity contribution is -0.120. The molecule has 1 aliphatic rings. The molecule has 2 amide bonds. The first-order chi connectivity index (χ1) is 15.5. The number of phenols is 2. The number of ether oxygens (including phenoxy) is 1. The second kappa shape index (κ2) is 7.66. The third-order valence-corrected chi connectivity index (χ3v) is 5.82. The van der Waals surface area contributed by atoms with E-state index >= 15 is 0 Å². The van der Waals surface area contributed by atoms with E-state index in [1.54, 1.807) is 39.8 Å². The Hall–Kier alpha value is -3.80. The summed E-state index contributed by atoms with van der Waals surface area (Å²) in [6, 6.07) is 17.6. The molecule has 0 radical (unpaired) electrons. The Morgan fingerprint density at radius 3 is 2.21 bits per heavy atom. The summed E-state index contributed by atoms with van der Waals surface area (Å²) in [5, 5.41) is 20.6. The number of carbonyl (C=O) groups is 2. The van der Waals surface area contributed by atoms with Crippen LogP contribution in [0.25, 0.3) is 0 Å². The van der Waals surface area contributed by atoms with Crippen LogP contribution in [-0.4, -0.2) is 27.8 Å². The lowest BCUT2D eigenvalue weighted by atomic mass is 9.69. The fraction of sp³-hybridized carbons (Fsp3) is 0.259. The maximum Gasteiger partial charge on any atom is 0.421 e.